The summed E-state index contributed by atoms with van der Waals surface area (Å²) in [6, 6.07) is 5.20. The summed E-state index contributed by atoms with van der Waals surface area (Å²) in [7, 11) is 2.05. The maximum absolute atomic E-state index is 14.8. The number of anilines is 1. The van der Waals surface area contributed by atoms with Gasteiger partial charge in [-0.1, -0.05) is 18.2 Å². The number of halogens is 3. The number of carbonyl (C=O) groups excluding carboxylic acids is 1. The molecule has 2 bridgehead atoms. The Balaban J connectivity index is 1.41. The van der Waals surface area contributed by atoms with Crippen molar-refractivity contribution in [3.05, 3.63) is 59.4 Å². The highest BCUT2D eigenvalue weighted by atomic mass is 19.3. The third kappa shape index (κ3) is 3.47. The van der Waals surface area contributed by atoms with Crippen molar-refractivity contribution in [1.82, 2.24) is 34.4 Å². The average molecular weight is 496 g/mol. The van der Waals surface area contributed by atoms with Crippen LogP contribution in [0.1, 0.15) is 47.3 Å². The van der Waals surface area contributed by atoms with Crippen molar-refractivity contribution >= 4 is 28.4 Å². The fourth-order valence-electron chi connectivity index (χ4n) is 5.39. The molecule has 4 aromatic rings. The van der Waals surface area contributed by atoms with Gasteiger partial charge < -0.3 is 15.1 Å². The fraction of sp³-hybridized carbons (Fsp3) is 0.375. The van der Waals surface area contributed by atoms with Crippen molar-refractivity contribution < 1.29 is 18.0 Å². The molecule has 0 radical (unpaired) electrons. The van der Waals surface area contributed by atoms with Crippen LogP contribution in [0.5, 0.6) is 0 Å². The maximum Gasteiger partial charge on any atom is 0.266 e. The Morgan fingerprint density at radius 1 is 1.08 bits per heavy atom. The van der Waals surface area contributed by atoms with E-state index in [1.165, 1.54) is 29.3 Å². The molecule has 2 saturated heterocycles. The van der Waals surface area contributed by atoms with E-state index in [1.807, 2.05) is 11.9 Å². The third-order valence-corrected chi connectivity index (χ3v) is 7.09. The predicted molar refractivity (Wildman–Crippen MR) is 125 cm³/mol. The molecular weight excluding hydrogens is 473 g/mol. The SMILES string of the molecule is C[C@@H](Nc1ncnc2c1cc(C(=O)N1C3CC1CN(C)C3)c1ncnn12)c1cccc(C(F)F)c1F. The van der Waals surface area contributed by atoms with Crippen LogP contribution in [0.3, 0.4) is 0 Å². The topological polar surface area (TPSA) is 91.5 Å². The Morgan fingerprint density at radius 2 is 1.81 bits per heavy atom. The summed E-state index contributed by atoms with van der Waals surface area (Å²) in [4.78, 5) is 30.7. The number of piperidine rings is 1. The standard InChI is InChI=1S/C24H23F3N8O/c1-12(15-4-3-5-16(19(15)25)20(26)27)32-21-17-7-18(23-30-11-31-35(23)22(17)29-10-28-21)24(36)34-13-6-14(34)9-33(2)8-13/h3-5,7,10-14,20H,6,8-9H2,1-2H3,(H,28,29,32)/t12-,13?,14?/m1/s1. The van der Waals surface area contributed by atoms with E-state index in [4.69, 9.17) is 0 Å². The van der Waals surface area contributed by atoms with Gasteiger partial charge in [0.2, 0.25) is 0 Å². The molecule has 2 aliphatic heterocycles. The highest BCUT2D eigenvalue weighted by molar-refractivity contribution is 6.05. The van der Waals surface area contributed by atoms with Gasteiger partial charge in [-0.3, -0.25) is 4.79 Å². The summed E-state index contributed by atoms with van der Waals surface area (Å²) >= 11 is 0. The van der Waals surface area contributed by atoms with Crippen LogP contribution in [0.15, 0.2) is 36.9 Å². The number of hydrogen-bond donors (Lipinski definition) is 1. The number of likely N-dealkylation sites (tertiary alicyclic amines) is 2. The first-order chi connectivity index (χ1) is 17.3. The molecule has 1 aromatic carbocycles. The number of fused-ring (bicyclic) bond motifs is 5. The van der Waals surface area contributed by atoms with Gasteiger partial charge in [0.15, 0.2) is 11.3 Å². The van der Waals surface area contributed by atoms with E-state index in [-0.39, 0.29) is 23.6 Å². The molecule has 36 heavy (non-hydrogen) atoms. The maximum atomic E-state index is 14.8. The monoisotopic (exact) mass is 496 g/mol. The number of amides is 1. The molecule has 1 N–H and O–H groups in total. The number of piperazine rings is 1. The van der Waals surface area contributed by atoms with Crippen molar-refractivity contribution in [3.63, 3.8) is 0 Å². The van der Waals surface area contributed by atoms with Crippen molar-refractivity contribution in [2.75, 3.05) is 25.5 Å². The molecule has 186 valence electrons. The second-order valence-corrected chi connectivity index (χ2v) is 9.41. The summed E-state index contributed by atoms with van der Waals surface area (Å²) in [5.41, 5.74) is 0.593. The van der Waals surface area contributed by atoms with Crippen molar-refractivity contribution in [2.45, 2.75) is 37.9 Å². The van der Waals surface area contributed by atoms with Gasteiger partial charge in [-0.25, -0.2) is 28.1 Å². The van der Waals surface area contributed by atoms with Gasteiger partial charge in [0, 0.05) is 30.7 Å². The molecule has 5 heterocycles. The summed E-state index contributed by atoms with van der Waals surface area (Å²) in [6.45, 7) is 3.28. The van der Waals surface area contributed by atoms with Gasteiger partial charge in [-0.15, -0.1) is 0 Å². The lowest BCUT2D eigenvalue weighted by Crippen LogP contribution is -2.69. The quantitative estimate of drug-likeness (QED) is 0.453. The number of alkyl halides is 2. The Hall–Kier alpha value is -3.80. The van der Waals surface area contributed by atoms with Gasteiger partial charge in [0.25, 0.3) is 12.3 Å². The summed E-state index contributed by atoms with van der Waals surface area (Å²) < 4.78 is 42.7. The van der Waals surface area contributed by atoms with E-state index in [0.29, 0.717) is 28.1 Å². The van der Waals surface area contributed by atoms with Gasteiger partial charge in [-0.05, 0) is 26.5 Å². The highest BCUT2D eigenvalue weighted by Gasteiger charge is 2.47. The summed E-state index contributed by atoms with van der Waals surface area (Å²) in [5, 5.41) is 7.86. The van der Waals surface area contributed by atoms with E-state index in [2.05, 4.69) is 30.3 Å². The van der Waals surface area contributed by atoms with E-state index >= 15 is 0 Å². The van der Waals surface area contributed by atoms with E-state index in [0.717, 1.165) is 25.6 Å². The molecule has 2 fully saturated rings. The normalized spacial score (nSPS) is 20.7. The minimum atomic E-state index is -2.92. The zero-order valence-electron chi connectivity index (χ0n) is 19.6. The highest BCUT2D eigenvalue weighted by Crippen LogP contribution is 2.35. The third-order valence-electron chi connectivity index (χ3n) is 7.09. The van der Waals surface area contributed by atoms with Crippen LogP contribution in [-0.4, -0.2) is 72.5 Å². The van der Waals surface area contributed by atoms with Crippen molar-refractivity contribution in [3.8, 4) is 0 Å². The number of rotatable bonds is 5. The van der Waals surface area contributed by atoms with Gasteiger partial charge in [0.05, 0.1) is 22.6 Å². The minimum Gasteiger partial charge on any atom is -0.363 e. The predicted octanol–water partition coefficient (Wildman–Crippen LogP) is 3.45. The van der Waals surface area contributed by atoms with Gasteiger partial charge >= 0.3 is 0 Å². The molecule has 2 unspecified atom stereocenters. The molecule has 0 saturated carbocycles. The first kappa shape index (κ1) is 22.7. The molecule has 0 aliphatic carbocycles. The number of carbonyl (C=O) groups is 1. The van der Waals surface area contributed by atoms with Crippen LogP contribution < -0.4 is 5.32 Å². The average Bonchev–Trinajstić information content (AvgIpc) is 3.33. The van der Waals surface area contributed by atoms with Crippen LogP contribution in [0.4, 0.5) is 19.0 Å². The summed E-state index contributed by atoms with van der Waals surface area (Å²) in [5.74, 6) is -0.776. The lowest BCUT2D eigenvalue weighted by Gasteiger charge is -2.55. The van der Waals surface area contributed by atoms with Gasteiger partial charge in [0.1, 0.15) is 24.3 Å². The van der Waals surface area contributed by atoms with Crippen LogP contribution in [0.25, 0.3) is 16.7 Å². The lowest BCUT2D eigenvalue weighted by molar-refractivity contribution is -0.0396. The Kier molecular flexibility index (Phi) is 5.29. The number of benzene rings is 1. The molecular formula is C24H23F3N8O. The minimum absolute atomic E-state index is 0.0789. The molecule has 9 nitrogen and oxygen atoms in total. The molecule has 0 spiro atoms. The van der Waals surface area contributed by atoms with Crippen LogP contribution in [0, 0.1) is 5.82 Å². The smallest absolute Gasteiger partial charge is 0.266 e. The molecule has 6 rings (SSSR count). The van der Waals surface area contributed by atoms with Crippen LogP contribution in [-0.2, 0) is 0 Å². The second kappa shape index (κ2) is 8.40. The molecule has 2 aliphatic rings. The zero-order chi connectivity index (χ0) is 25.1. The van der Waals surface area contributed by atoms with Crippen LogP contribution >= 0.6 is 0 Å². The number of hydrogen-bond acceptors (Lipinski definition) is 7. The van der Waals surface area contributed by atoms with Crippen LogP contribution in [0.2, 0.25) is 0 Å². The van der Waals surface area contributed by atoms with E-state index in [1.54, 1.807) is 13.0 Å². The largest absolute Gasteiger partial charge is 0.363 e. The number of pyridine rings is 1. The van der Waals surface area contributed by atoms with Crippen molar-refractivity contribution in [1.29, 1.82) is 0 Å². The lowest BCUT2D eigenvalue weighted by atomic mass is 9.87. The number of nitrogens with one attached hydrogen (secondary N) is 1. The Morgan fingerprint density at radius 3 is 2.56 bits per heavy atom. The first-order valence-corrected chi connectivity index (χ1v) is 11.6. The number of likely N-dealkylation sites (N-methyl/N-ethyl adjacent to an activating group) is 1. The van der Waals surface area contributed by atoms with Crippen molar-refractivity contribution in [2.24, 2.45) is 0 Å². The Labute approximate surface area is 204 Å². The number of aromatic nitrogens is 5. The summed E-state index contributed by atoms with van der Waals surface area (Å²) in [6.07, 6.45) is 0.733. The molecule has 3 aromatic heterocycles. The number of nitrogens with zero attached hydrogens (tertiary/aromatic N) is 7. The zero-order valence-corrected chi connectivity index (χ0v) is 19.6. The van der Waals surface area contributed by atoms with E-state index in [9.17, 15) is 18.0 Å². The fourth-order valence-corrected chi connectivity index (χ4v) is 5.39. The second-order valence-electron chi connectivity index (χ2n) is 9.41. The first-order valence-electron chi connectivity index (χ1n) is 11.6. The molecule has 12 heteroatoms. The van der Waals surface area contributed by atoms with E-state index < -0.39 is 23.8 Å². The Bertz CT molecular complexity index is 1480. The molecule has 1 amide bonds. The molecule has 3 atom stereocenters. The van der Waals surface area contributed by atoms with Gasteiger partial charge in [-0.2, -0.15) is 9.61 Å².